The third kappa shape index (κ3) is 4.21. The van der Waals surface area contributed by atoms with E-state index >= 15 is 0 Å². The standard InChI is InChI=1S/C15H23NOS/c1-12(2)17-15-6-4-3-5-13(15)7-9-16-14-8-10-18-11-14/h3-6,12,14,16H,7-11H2,1-2H3. The van der Waals surface area contributed by atoms with Crippen LogP contribution < -0.4 is 10.1 Å². The number of benzene rings is 1. The van der Waals surface area contributed by atoms with Gasteiger partial charge in [-0.2, -0.15) is 11.8 Å². The van der Waals surface area contributed by atoms with Gasteiger partial charge in [-0.1, -0.05) is 18.2 Å². The molecule has 0 aliphatic carbocycles. The lowest BCUT2D eigenvalue weighted by atomic mass is 10.1. The van der Waals surface area contributed by atoms with Gasteiger partial charge >= 0.3 is 0 Å². The number of rotatable bonds is 6. The molecular weight excluding hydrogens is 242 g/mol. The molecule has 1 aliphatic heterocycles. The molecule has 0 saturated carbocycles. The predicted octanol–water partition coefficient (Wildman–Crippen LogP) is 3.11. The highest BCUT2D eigenvalue weighted by molar-refractivity contribution is 7.99. The minimum absolute atomic E-state index is 0.241. The Morgan fingerprint density at radius 2 is 2.22 bits per heavy atom. The molecule has 1 aromatic carbocycles. The molecule has 1 atom stereocenters. The van der Waals surface area contributed by atoms with Crippen LogP contribution in [-0.4, -0.2) is 30.2 Å². The fourth-order valence-electron chi connectivity index (χ4n) is 2.19. The maximum Gasteiger partial charge on any atom is 0.122 e. The summed E-state index contributed by atoms with van der Waals surface area (Å²) < 4.78 is 5.84. The van der Waals surface area contributed by atoms with Gasteiger partial charge in [0, 0.05) is 11.8 Å². The molecular formula is C15H23NOS. The van der Waals surface area contributed by atoms with Crippen molar-refractivity contribution in [3.8, 4) is 5.75 Å². The molecule has 1 heterocycles. The van der Waals surface area contributed by atoms with E-state index in [1.54, 1.807) is 0 Å². The third-order valence-corrected chi connectivity index (χ3v) is 4.25. The first-order chi connectivity index (χ1) is 8.75. The van der Waals surface area contributed by atoms with Crippen LogP contribution in [0.3, 0.4) is 0 Å². The Balaban J connectivity index is 1.83. The molecule has 100 valence electrons. The molecule has 1 fully saturated rings. The summed E-state index contributed by atoms with van der Waals surface area (Å²) in [5, 5.41) is 3.63. The zero-order valence-electron chi connectivity index (χ0n) is 11.3. The van der Waals surface area contributed by atoms with Gasteiger partial charge in [-0.15, -0.1) is 0 Å². The van der Waals surface area contributed by atoms with Crippen LogP contribution >= 0.6 is 11.8 Å². The van der Waals surface area contributed by atoms with E-state index in [-0.39, 0.29) is 6.10 Å². The minimum atomic E-state index is 0.241. The van der Waals surface area contributed by atoms with E-state index in [0.717, 1.165) is 18.7 Å². The number of nitrogens with one attached hydrogen (secondary N) is 1. The van der Waals surface area contributed by atoms with Gasteiger partial charge in [0.05, 0.1) is 6.10 Å². The Morgan fingerprint density at radius 3 is 2.94 bits per heavy atom. The van der Waals surface area contributed by atoms with Crippen LogP contribution in [0, 0.1) is 0 Å². The smallest absolute Gasteiger partial charge is 0.122 e. The number of hydrogen-bond acceptors (Lipinski definition) is 3. The highest BCUT2D eigenvalue weighted by Crippen LogP contribution is 2.20. The predicted molar refractivity (Wildman–Crippen MR) is 79.6 cm³/mol. The van der Waals surface area contributed by atoms with Gasteiger partial charge in [0.15, 0.2) is 0 Å². The lowest BCUT2D eigenvalue weighted by molar-refractivity contribution is 0.240. The molecule has 0 amide bonds. The van der Waals surface area contributed by atoms with E-state index in [2.05, 4.69) is 49.1 Å². The Hall–Kier alpha value is -0.670. The lowest BCUT2D eigenvalue weighted by Crippen LogP contribution is -2.30. The number of ether oxygens (including phenoxy) is 1. The second-order valence-electron chi connectivity index (χ2n) is 5.04. The van der Waals surface area contributed by atoms with Gasteiger partial charge in [0.2, 0.25) is 0 Å². The van der Waals surface area contributed by atoms with Crippen LogP contribution in [0.5, 0.6) is 5.75 Å². The second kappa shape index (κ2) is 7.05. The van der Waals surface area contributed by atoms with E-state index in [9.17, 15) is 0 Å². The summed E-state index contributed by atoms with van der Waals surface area (Å²) in [5.41, 5.74) is 1.31. The number of hydrogen-bond donors (Lipinski definition) is 1. The van der Waals surface area contributed by atoms with Gasteiger partial charge in [0.25, 0.3) is 0 Å². The first-order valence-electron chi connectivity index (χ1n) is 6.81. The topological polar surface area (TPSA) is 21.3 Å². The Kier molecular flexibility index (Phi) is 5.39. The normalized spacial score (nSPS) is 19.4. The summed E-state index contributed by atoms with van der Waals surface area (Å²) in [7, 11) is 0. The molecule has 0 radical (unpaired) electrons. The van der Waals surface area contributed by atoms with Crippen molar-refractivity contribution in [1.82, 2.24) is 5.32 Å². The van der Waals surface area contributed by atoms with Crippen LogP contribution in [0.15, 0.2) is 24.3 Å². The van der Waals surface area contributed by atoms with Crippen molar-refractivity contribution in [3.63, 3.8) is 0 Å². The van der Waals surface area contributed by atoms with Gasteiger partial charge in [-0.25, -0.2) is 0 Å². The van der Waals surface area contributed by atoms with Crippen molar-refractivity contribution in [2.45, 2.75) is 38.8 Å². The highest BCUT2D eigenvalue weighted by Gasteiger charge is 2.14. The Bertz CT molecular complexity index is 361. The van der Waals surface area contributed by atoms with Crippen LogP contribution in [-0.2, 0) is 6.42 Å². The fraction of sp³-hybridized carbons (Fsp3) is 0.600. The fourth-order valence-corrected chi connectivity index (χ4v) is 3.37. The molecule has 0 aromatic heterocycles. The minimum Gasteiger partial charge on any atom is -0.491 e. The van der Waals surface area contributed by atoms with Crippen LogP contribution in [0.1, 0.15) is 25.8 Å². The molecule has 3 heteroatoms. The number of para-hydroxylation sites is 1. The number of thioether (sulfide) groups is 1. The summed E-state index contributed by atoms with van der Waals surface area (Å²) >= 11 is 2.05. The van der Waals surface area contributed by atoms with Crippen LogP contribution in [0.2, 0.25) is 0 Å². The summed E-state index contributed by atoms with van der Waals surface area (Å²) in [5.74, 6) is 3.62. The highest BCUT2D eigenvalue weighted by atomic mass is 32.2. The van der Waals surface area contributed by atoms with Crippen molar-refractivity contribution < 1.29 is 4.74 Å². The molecule has 1 unspecified atom stereocenters. The van der Waals surface area contributed by atoms with E-state index in [0.29, 0.717) is 6.04 Å². The molecule has 0 spiro atoms. The summed E-state index contributed by atoms with van der Waals surface area (Å²) in [6.07, 6.45) is 2.60. The first kappa shape index (κ1) is 13.8. The summed E-state index contributed by atoms with van der Waals surface area (Å²) in [6, 6.07) is 9.09. The molecule has 2 rings (SSSR count). The lowest BCUT2D eigenvalue weighted by Gasteiger charge is -2.15. The maximum atomic E-state index is 5.84. The van der Waals surface area contributed by atoms with Crippen LogP contribution in [0.4, 0.5) is 0 Å². The van der Waals surface area contributed by atoms with E-state index < -0.39 is 0 Å². The van der Waals surface area contributed by atoms with Gasteiger partial charge in [0.1, 0.15) is 5.75 Å². The maximum absolute atomic E-state index is 5.84. The molecule has 1 aliphatic rings. The van der Waals surface area contributed by atoms with Gasteiger partial charge < -0.3 is 10.1 Å². The van der Waals surface area contributed by atoms with Crippen molar-refractivity contribution in [3.05, 3.63) is 29.8 Å². The molecule has 1 N–H and O–H groups in total. The van der Waals surface area contributed by atoms with Crippen LogP contribution in [0.25, 0.3) is 0 Å². The van der Waals surface area contributed by atoms with E-state index in [1.165, 1.54) is 23.5 Å². The van der Waals surface area contributed by atoms with Crippen molar-refractivity contribution in [1.29, 1.82) is 0 Å². The molecule has 1 saturated heterocycles. The average molecular weight is 265 g/mol. The summed E-state index contributed by atoms with van der Waals surface area (Å²) in [6.45, 7) is 5.19. The Morgan fingerprint density at radius 1 is 1.39 bits per heavy atom. The zero-order chi connectivity index (χ0) is 12.8. The SMILES string of the molecule is CC(C)Oc1ccccc1CCNC1CCSC1. The molecule has 2 nitrogen and oxygen atoms in total. The second-order valence-corrected chi connectivity index (χ2v) is 6.19. The molecule has 0 bridgehead atoms. The van der Waals surface area contributed by atoms with E-state index in [1.807, 2.05) is 6.07 Å². The third-order valence-electron chi connectivity index (χ3n) is 3.09. The largest absolute Gasteiger partial charge is 0.491 e. The molecule has 18 heavy (non-hydrogen) atoms. The van der Waals surface area contributed by atoms with Gasteiger partial charge in [-0.05, 0) is 50.6 Å². The Labute approximate surface area is 114 Å². The first-order valence-corrected chi connectivity index (χ1v) is 7.97. The van der Waals surface area contributed by atoms with Crippen molar-refractivity contribution in [2.75, 3.05) is 18.1 Å². The van der Waals surface area contributed by atoms with E-state index in [4.69, 9.17) is 4.74 Å². The quantitative estimate of drug-likeness (QED) is 0.854. The van der Waals surface area contributed by atoms with Crippen molar-refractivity contribution in [2.24, 2.45) is 0 Å². The monoisotopic (exact) mass is 265 g/mol. The summed E-state index contributed by atoms with van der Waals surface area (Å²) in [4.78, 5) is 0. The zero-order valence-corrected chi connectivity index (χ0v) is 12.1. The van der Waals surface area contributed by atoms with Gasteiger partial charge in [-0.3, -0.25) is 0 Å². The average Bonchev–Trinajstić information content (AvgIpc) is 2.84. The molecule has 1 aromatic rings. The van der Waals surface area contributed by atoms with Crippen molar-refractivity contribution >= 4 is 11.8 Å².